The first kappa shape index (κ1) is 30.3. The zero-order valence-electron chi connectivity index (χ0n) is 28.9. The van der Waals surface area contributed by atoms with Crippen molar-refractivity contribution < 1.29 is 13.3 Å². The van der Waals surface area contributed by atoms with E-state index in [2.05, 4.69) is 120 Å². The summed E-state index contributed by atoms with van der Waals surface area (Å²) in [7, 11) is 0. The molecule has 3 aromatic heterocycles. The van der Waals surface area contributed by atoms with E-state index in [9.17, 15) is 0 Å². The molecular weight excluding hydrogens is 665 g/mol. The summed E-state index contributed by atoms with van der Waals surface area (Å²) in [4.78, 5) is 7.02. The molecule has 5 nitrogen and oxygen atoms in total. The Balaban J connectivity index is 0.938. The number of anilines is 3. The highest BCUT2D eigenvalue weighted by molar-refractivity contribution is 6.11. The Morgan fingerprint density at radius 3 is 1.78 bits per heavy atom. The van der Waals surface area contributed by atoms with E-state index >= 15 is 0 Å². The van der Waals surface area contributed by atoms with Crippen molar-refractivity contribution in [3.63, 3.8) is 0 Å². The van der Waals surface area contributed by atoms with Gasteiger partial charge in [0.1, 0.15) is 27.8 Å². The molecule has 0 aliphatic carbocycles. The van der Waals surface area contributed by atoms with Crippen LogP contribution in [0.25, 0.3) is 88.7 Å². The van der Waals surface area contributed by atoms with E-state index in [4.69, 9.17) is 18.2 Å². The first-order chi connectivity index (χ1) is 26.7. The van der Waals surface area contributed by atoms with Gasteiger partial charge in [-0.25, -0.2) is 4.98 Å². The van der Waals surface area contributed by atoms with E-state index in [1.807, 2.05) is 66.7 Å². The molecule has 3 heterocycles. The van der Waals surface area contributed by atoms with Crippen molar-refractivity contribution in [3.05, 3.63) is 182 Å². The van der Waals surface area contributed by atoms with Gasteiger partial charge in [0.2, 0.25) is 5.89 Å². The van der Waals surface area contributed by atoms with Gasteiger partial charge in [-0.1, -0.05) is 103 Å². The van der Waals surface area contributed by atoms with Gasteiger partial charge in [-0.2, -0.15) is 0 Å². The van der Waals surface area contributed by atoms with E-state index in [0.717, 1.165) is 99.9 Å². The van der Waals surface area contributed by atoms with Crippen LogP contribution in [0, 0.1) is 0 Å². The van der Waals surface area contributed by atoms with Gasteiger partial charge in [0.05, 0.1) is 0 Å². The highest BCUT2D eigenvalue weighted by Gasteiger charge is 2.17. The zero-order chi connectivity index (χ0) is 35.6. The fourth-order valence-corrected chi connectivity index (χ4v) is 7.67. The van der Waals surface area contributed by atoms with Crippen molar-refractivity contribution in [2.45, 2.75) is 0 Å². The van der Waals surface area contributed by atoms with Gasteiger partial charge in [-0.15, -0.1) is 0 Å². The summed E-state index contributed by atoms with van der Waals surface area (Å²) < 4.78 is 18.8. The number of para-hydroxylation sites is 3. The second-order valence-corrected chi connectivity index (χ2v) is 13.6. The average Bonchev–Trinajstić information content (AvgIpc) is 3.94. The predicted octanol–water partition coefficient (Wildman–Crippen LogP) is 14.1. The largest absolute Gasteiger partial charge is 0.456 e. The lowest BCUT2D eigenvalue weighted by molar-refractivity contribution is 0.620. The molecule has 254 valence electrons. The highest BCUT2D eigenvalue weighted by atomic mass is 16.4. The van der Waals surface area contributed by atoms with Gasteiger partial charge >= 0.3 is 0 Å². The summed E-state index contributed by atoms with van der Waals surface area (Å²) in [6.07, 6.45) is 0. The van der Waals surface area contributed by atoms with Crippen LogP contribution in [-0.4, -0.2) is 4.98 Å². The van der Waals surface area contributed by atoms with Gasteiger partial charge in [-0.3, -0.25) is 0 Å². The number of aromatic nitrogens is 1. The third-order valence-corrected chi connectivity index (χ3v) is 10.3. The summed E-state index contributed by atoms with van der Waals surface area (Å²) in [5.74, 6) is 0.601. The topological polar surface area (TPSA) is 55.6 Å². The van der Waals surface area contributed by atoms with Gasteiger partial charge in [-0.05, 0) is 89.5 Å². The third-order valence-electron chi connectivity index (χ3n) is 10.3. The molecule has 8 aromatic carbocycles. The number of rotatable bonds is 6. The first-order valence-electron chi connectivity index (χ1n) is 18.0. The molecular formula is C49H30N2O3. The van der Waals surface area contributed by atoms with Gasteiger partial charge in [0.15, 0.2) is 5.58 Å². The molecule has 0 aliphatic rings. The number of oxazole rings is 1. The number of nitrogens with zero attached hydrogens (tertiary/aromatic N) is 2. The van der Waals surface area contributed by atoms with Crippen LogP contribution in [0.3, 0.4) is 0 Å². The second-order valence-electron chi connectivity index (χ2n) is 13.6. The number of hydrogen-bond donors (Lipinski definition) is 0. The van der Waals surface area contributed by atoms with Crippen molar-refractivity contribution >= 4 is 72.0 Å². The Bertz CT molecular complexity index is 3140. The van der Waals surface area contributed by atoms with Crippen LogP contribution in [0.15, 0.2) is 195 Å². The molecule has 0 spiro atoms. The van der Waals surface area contributed by atoms with Gasteiger partial charge < -0.3 is 18.2 Å². The Labute approximate surface area is 309 Å². The molecule has 0 bridgehead atoms. The standard InChI is InChI=1S/C49H30N2O3/c1-3-10-33(11-4-1)49-50-43-30-46-42(29-47(43)54-49)41-28-34(22-27-45(41)52-46)31-18-23-36(24-19-31)51(35-12-5-2-6-13-35)37-25-20-32(21-26-37)38-15-9-16-40-39-14-7-8-17-44(39)53-48(38)40/h1-30H. The minimum absolute atomic E-state index is 0.601. The molecule has 0 N–H and O–H groups in total. The smallest absolute Gasteiger partial charge is 0.227 e. The molecule has 0 radical (unpaired) electrons. The van der Waals surface area contributed by atoms with E-state index in [1.54, 1.807) is 0 Å². The Morgan fingerprint density at radius 1 is 0.352 bits per heavy atom. The van der Waals surface area contributed by atoms with Crippen LogP contribution < -0.4 is 4.90 Å². The predicted molar refractivity (Wildman–Crippen MR) is 220 cm³/mol. The van der Waals surface area contributed by atoms with Crippen LogP contribution in [-0.2, 0) is 0 Å². The van der Waals surface area contributed by atoms with E-state index in [1.165, 1.54) is 0 Å². The lowest BCUT2D eigenvalue weighted by atomic mass is 10.0. The summed E-state index contributed by atoms with van der Waals surface area (Å²) in [6, 6.07) is 62.9. The van der Waals surface area contributed by atoms with Gasteiger partial charge in [0.25, 0.3) is 0 Å². The number of hydrogen-bond acceptors (Lipinski definition) is 5. The van der Waals surface area contributed by atoms with Crippen molar-refractivity contribution in [1.29, 1.82) is 0 Å². The zero-order valence-corrected chi connectivity index (χ0v) is 28.9. The number of furan rings is 2. The lowest BCUT2D eigenvalue weighted by Crippen LogP contribution is -2.09. The summed E-state index contributed by atoms with van der Waals surface area (Å²) in [6.45, 7) is 0. The SMILES string of the molecule is c1ccc(-c2nc3cc4oc5ccc(-c6ccc(N(c7ccccc7)c7ccc(-c8cccc9c8oc8ccccc89)cc7)cc6)cc5c4cc3o2)cc1. The fourth-order valence-electron chi connectivity index (χ4n) is 7.67. The minimum Gasteiger partial charge on any atom is -0.456 e. The maximum Gasteiger partial charge on any atom is 0.227 e. The van der Waals surface area contributed by atoms with Crippen molar-refractivity contribution in [2.24, 2.45) is 0 Å². The van der Waals surface area contributed by atoms with E-state index in [-0.39, 0.29) is 0 Å². The van der Waals surface area contributed by atoms with Crippen molar-refractivity contribution in [2.75, 3.05) is 4.90 Å². The molecule has 0 atom stereocenters. The molecule has 0 amide bonds. The molecule has 0 fully saturated rings. The fraction of sp³-hybridized carbons (Fsp3) is 0. The molecule has 5 heteroatoms. The van der Waals surface area contributed by atoms with Gasteiger partial charge in [0, 0.05) is 55.8 Å². The monoisotopic (exact) mass is 694 g/mol. The third kappa shape index (κ3) is 4.98. The van der Waals surface area contributed by atoms with E-state index in [0.29, 0.717) is 5.89 Å². The Kier molecular flexibility index (Phi) is 6.79. The molecule has 11 rings (SSSR count). The highest BCUT2D eigenvalue weighted by Crippen LogP contribution is 2.40. The molecule has 11 aromatic rings. The summed E-state index contributed by atoms with van der Waals surface area (Å²) in [5, 5.41) is 4.30. The molecule has 0 aliphatic heterocycles. The maximum atomic E-state index is 6.35. The molecule has 0 saturated heterocycles. The number of benzene rings is 8. The van der Waals surface area contributed by atoms with Crippen LogP contribution >= 0.6 is 0 Å². The average molecular weight is 695 g/mol. The van der Waals surface area contributed by atoms with Crippen LogP contribution in [0.4, 0.5) is 17.1 Å². The quantitative estimate of drug-likeness (QED) is 0.173. The Morgan fingerprint density at radius 2 is 0.981 bits per heavy atom. The van der Waals surface area contributed by atoms with Crippen LogP contribution in [0.2, 0.25) is 0 Å². The minimum atomic E-state index is 0.601. The number of fused-ring (bicyclic) bond motifs is 7. The van der Waals surface area contributed by atoms with E-state index < -0.39 is 0 Å². The van der Waals surface area contributed by atoms with Crippen LogP contribution in [0.1, 0.15) is 0 Å². The summed E-state index contributed by atoms with van der Waals surface area (Å²) in [5.41, 5.74) is 13.5. The Hall–Kier alpha value is -7.37. The second kappa shape index (κ2) is 12.1. The summed E-state index contributed by atoms with van der Waals surface area (Å²) >= 11 is 0. The maximum absolute atomic E-state index is 6.35. The molecule has 0 saturated carbocycles. The lowest BCUT2D eigenvalue weighted by Gasteiger charge is -2.26. The molecule has 54 heavy (non-hydrogen) atoms. The first-order valence-corrected chi connectivity index (χ1v) is 18.0. The van der Waals surface area contributed by atoms with Crippen molar-refractivity contribution in [3.8, 4) is 33.7 Å². The van der Waals surface area contributed by atoms with Crippen LogP contribution in [0.5, 0.6) is 0 Å². The normalized spacial score (nSPS) is 11.7. The molecule has 0 unspecified atom stereocenters. The van der Waals surface area contributed by atoms with Crippen molar-refractivity contribution in [1.82, 2.24) is 4.98 Å².